The lowest BCUT2D eigenvalue weighted by Gasteiger charge is -2.13. The van der Waals surface area contributed by atoms with Gasteiger partial charge in [-0.2, -0.15) is 0 Å². The summed E-state index contributed by atoms with van der Waals surface area (Å²) >= 11 is 0. The molecule has 0 N–H and O–H groups in total. The van der Waals surface area contributed by atoms with Gasteiger partial charge in [0.2, 0.25) is 0 Å². The minimum atomic E-state index is 0.616. The molecule has 7 aromatic carbocycles. The van der Waals surface area contributed by atoms with Crippen LogP contribution in [0.25, 0.3) is 88.8 Å². The second-order valence-electron chi connectivity index (χ2n) is 11.2. The molecule has 45 heavy (non-hydrogen) atoms. The molecule has 0 aliphatic heterocycles. The third kappa shape index (κ3) is 4.27. The first-order valence-electron chi connectivity index (χ1n) is 15.0. The van der Waals surface area contributed by atoms with E-state index in [1.807, 2.05) is 54.6 Å². The van der Waals surface area contributed by atoms with E-state index < -0.39 is 0 Å². The van der Waals surface area contributed by atoms with Crippen LogP contribution in [0.1, 0.15) is 0 Å². The van der Waals surface area contributed by atoms with Gasteiger partial charge in [-0.1, -0.05) is 133 Å². The zero-order valence-corrected chi connectivity index (χ0v) is 24.2. The van der Waals surface area contributed by atoms with Gasteiger partial charge in [0.15, 0.2) is 17.5 Å². The molecule has 0 aliphatic rings. The lowest BCUT2D eigenvalue weighted by molar-refractivity contribution is 0.669. The summed E-state index contributed by atoms with van der Waals surface area (Å²) in [7, 11) is 0. The molecule has 2 aromatic heterocycles. The van der Waals surface area contributed by atoms with Crippen molar-refractivity contribution in [2.75, 3.05) is 0 Å². The first kappa shape index (κ1) is 25.4. The molecule has 0 saturated carbocycles. The summed E-state index contributed by atoms with van der Waals surface area (Å²) in [5, 5.41) is 6.40. The van der Waals surface area contributed by atoms with Crippen LogP contribution in [-0.2, 0) is 0 Å². The summed E-state index contributed by atoms with van der Waals surface area (Å²) in [6.07, 6.45) is 0. The Kier molecular flexibility index (Phi) is 5.78. The summed E-state index contributed by atoms with van der Waals surface area (Å²) in [5.74, 6) is 1.87. The zero-order valence-electron chi connectivity index (χ0n) is 24.2. The van der Waals surface area contributed by atoms with E-state index in [-0.39, 0.29) is 0 Å². The summed E-state index contributed by atoms with van der Waals surface area (Å²) in [4.78, 5) is 15.5. The molecule has 9 aromatic rings. The maximum absolute atomic E-state index is 6.39. The Balaban J connectivity index is 1.34. The van der Waals surface area contributed by atoms with Crippen LogP contribution in [0.4, 0.5) is 0 Å². The van der Waals surface area contributed by atoms with Crippen molar-refractivity contribution in [3.63, 3.8) is 0 Å². The van der Waals surface area contributed by atoms with Gasteiger partial charge in [-0.25, -0.2) is 15.0 Å². The summed E-state index contributed by atoms with van der Waals surface area (Å²) in [6, 6.07) is 52.2. The Morgan fingerprint density at radius 2 is 1.02 bits per heavy atom. The van der Waals surface area contributed by atoms with Crippen LogP contribution in [0.5, 0.6) is 0 Å². The van der Waals surface area contributed by atoms with Crippen LogP contribution in [0.2, 0.25) is 0 Å². The van der Waals surface area contributed by atoms with Gasteiger partial charge in [-0.15, -0.1) is 0 Å². The lowest BCUT2D eigenvalue weighted by Crippen LogP contribution is -2.01. The van der Waals surface area contributed by atoms with Gasteiger partial charge in [-0.3, -0.25) is 0 Å². The van der Waals surface area contributed by atoms with Gasteiger partial charge in [0.25, 0.3) is 0 Å². The molecular weight excluding hydrogens is 550 g/mol. The van der Waals surface area contributed by atoms with Crippen LogP contribution in [0, 0.1) is 0 Å². The predicted octanol–water partition coefficient (Wildman–Crippen LogP) is 10.7. The highest BCUT2D eigenvalue weighted by molar-refractivity contribution is 6.20. The van der Waals surface area contributed by atoms with Crippen LogP contribution in [-0.4, -0.2) is 15.0 Å². The van der Waals surface area contributed by atoms with Crippen molar-refractivity contribution in [2.24, 2.45) is 0 Å². The van der Waals surface area contributed by atoms with Crippen molar-refractivity contribution in [1.29, 1.82) is 0 Å². The standard InChI is InChI=1S/C41H25N3O/c1-3-12-26(13-4-1)28-22-23-31-29(24-28)17-11-20-33(31)40-42-39(27-14-5-2-6-15-27)43-41(44-40)38-32-18-8-7-16-30(32)25-36-37(38)34-19-9-10-21-35(34)45-36/h1-25H. The highest BCUT2D eigenvalue weighted by Gasteiger charge is 2.21. The van der Waals surface area contributed by atoms with E-state index in [0.29, 0.717) is 17.5 Å². The van der Waals surface area contributed by atoms with E-state index >= 15 is 0 Å². The summed E-state index contributed by atoms with van der Waals surface area (Å²) in [5.41, 5.74) is 6.85. The van der Waals surface area contributed by atoms with Gasteiger partial charge in [0, 0.05) is 27.5 Å². The molecule has 0 fully saturated rings. The first-order valence-corrected chi connectivity index (χ1v) is 15.0. The fourth-order valence-electron chi connectivity index (χ4n) is 6.40. The van der Waals surface area contributed by atoms with Crippen LogP contribution in [0.15, 0.2) is 156 Å². The van der Waals surface area contributed by atoms with Crippen LogP contribution in [0.3, 0.4) is 0 Å². The molecule has 0 bridgehead atoms. The van der Waals surface area contributed by atoms with E-state index in [1.54, 1.807) is 0 Å². The van der Waals surface area contributed by atoms with E-state index in [0.717, 1.165) is 60.2 Å². The third-order valence-corrected chi connectivity index (χ3v) is 8.51. The van der Waals surface area contributed by atoms with Gasteiger partial charge in [0.1, 0.15) is 11.2 Å². The molecule has 0 unspecified atom stereocenters. The van der Waals surface area contributed by atoms with Crippen molar-refractivity contribution in [3.8, 4) is 45.3 Å². The SMILES string of the molecule is c1ccc(-c2ccc3c(-c4nc(-c5ccccc5)nc(-c5c6ccccc6cc6oc7ccccc7c56)n4)cccc3c2)cc1. The zero-order chi connectivity index (χ0) is 29.7. The number of hydrogen-bond donors (Lipinski definition) is 0. The number of benzene rings is 7. The molecule has 9 rings (SSSR count). The second kappa shape index (κ2) is 10.2. The van der Waals surface area contributed by atoms with E-state index in [4.69, 9.17) is 19.4 Å². The average Bonchev–Trinajstić information content (AvgIpc) is 3.48. The molecule has 0 spiro atoms. The third-order valence-electron chi connectivity index (χ3n) is 8.51. The van der Waals surface area contributed by atoms with Crippen molar-refractivity contribution in [2.45, 2.75) is 0 Å². The molecule has 0 radical (unpaired) electrons. The highest BCUT2D eigenvalue weighted by atomic mass is 16.3. The Labute approximate surface area is 259 Å². The van der Waals surface area contributed by atoms with Crippen molar-refractivity contribution in [1.82, 2.24) is 15.0 Å². The van der Waals surface area contributed by atoms with E-state index in [2.05, 4.69) is 97.1 Å². The molecule has 0 saturated heterocycles. The van der Waals surface area contributed by atoms with Crippen LogP contribution < -0.4 is 0 Å². The molecule has 0 aliphatic carbocycles. The number of hydrogen-bond acceptors (Lipinski definition) is 4. The normalized spacial score (nSPS) is 11.6. The maximum atomic E-state index is 6.39. The maximum Gasteiger partial charge on any atom is 0.165 e. The highest BCUT2D eigenvalue weighted by Crippen LogP contribution is 2.41. The number of aromatic nitrogens is 3. The molecule has 4 nitrogen and oxygen atoms in total. The van der Waals surface area contributed by atoms with Crippen molar-refractivity contribution < 1.29 is 4.42 Å². The Hall–Kier alpha value is -6.13. The fourth-order valence-corrected chi connectivity index (χ4v) is 6.40. The predicted molar refractivity (Wildman–Crippen MR) is 184 cm³/mol. The Bertz CT molecular complexity index is 2540. The molecule has 4 heteroatoms. The lowest BCUT2D eigenvalue weighted by atomic mass is 9.97. The number of fused-ring (bicyclic) bond motifs is 5. The smallest absolute Gasteiger partial charge is 0.165 e. The monoisotopic (exact) mass is 575 g/mol. The Morgan fingerprint density at radius 3 is 1.87 bits per heavy atom. The minimum Gasteiger partial charge on any atom is -0.456 e. The van der Waals surface area contributed by atoms with Gasteiger partial charge >= 0.3 is 0 Å². The van der Waals surface area contributed by atoms with Gasteiger partial charge < -0.3 is 4.42 Å². The molecule has 2 heterocycles. The summed E-state index contributed by atoms with van der Waals surface area (Å²) < 4.78 is 6.39. The van der Waals surface area contributed by atoms with Crippen molar-refractivity contribution in [3.05, 3.63) is 152 Å². The minimum absolute atomic E-state index is 0.616. The Morgan fingerprint density at radius 1 is 0.378 bits per heavy atom. The van der Waals surface area contributed by atoms with Gasteiger partial charge in [0.05, 0.1) is 0 Å². The number of rotatable bonds is 4. The van der Waals surface area contributed by atoms with Crippen molar-refractivity contribution >= 4 is 43.5 Å². The van der Waals surface area contributed by atoms with E-state index in [1.165, 1.54) is 11.1 Å². The number of para-hydroxylation sites is 1. The largest absolute Gasteiger partial charge is 0.456 e. The van der Waals surface area contributed by atoms with E-state index in [9.17, 15) is 0 Å². The number of furan rings is 1. The molecule has 210 valence electrons. The summed E-state index contributed by atoms with van der Waals surface area (Å²) in [6.45, 7) is 0. The first-order chi connectivity index (χ1) is 22.3. The quantitative estimate of drug-likeness (QED) is 0.209. The molecule has 0 atom stereocenters. The topological polar surface area (TPSA) is 51.8 Å². The molecular formula is C41H25N3O. The molecule has 0 amide bonds. The van der Waals surface area contributed by atoms with Gasteiger partial charge in [-0.05, 0) is 50.9 Å². The number of nitrogens with zero attached hydrogens (tertiary/aromatic N) is 3. The fraction of sp³-hybridized carbons (Fsp3) is 0. The average molecular weight is 576 g/mol. The van der Waals surface area contributed by atoms with Crippen LogP contribution >= 0.6 is 0 Å². The second-order valence-corrected chi connectivity index (χ2v) is 11.2.